The van der Waals surface area contributed by atoms with Crippen molar-refractivity contribution in [2.45, 2.75) is 19.9 Å². The Morgan fingerprint density at radius 1 is 1.44 bits per heavy atom. The maximum atomic E-state index is 5.75. The molecular weight excluding hydrogens is 230 g/mol. The zero-order valence-electron chi connectivity index (χ0n) is 11.0. The third-order valence-corrected chi connectivity index (χ3v) is 2.81. The number of aromatic nitrogens is 1. The number of fused-ring (bicyclic) bond motifs is 1. The lowest BCUT2D eigenvalue weighted by Crippen LogP contribution is -2.34. The molecule has 0 spiro atoms. The van der Waals surface area contributed by atoms with Gasteiger partial charge in [0.2, 0.25) is 0 Å². The average molecular weight is 249 g/mol. The first-order chi connectivity index (χ1) is 8.61. The average Bonchev–Trinajstić information content (AvgIpc) is 2.71. The summed E-state index contributed by atoms with van der Waals surface area (Å²) in [5.74, 6) is 0. The van der Waals surface area contributed by atoms with Crippen LogP contribution in [0.15, 0.2) is 22.6 Å². The van der Waals surface area contributed by atoms with E-state index >= 15 is 0 Å². The van der Waals surface area contributed by atoms with Crippen molar-refractivity contribution >= 4 is 22.8 Å². The van der Waals surface area contributed by atoms with Crippen molar-refractivity contribution in [2.75, 3.05) is 30.9 Å². The van der Waals surface area contributed by atoms with Crippen LogP contribution in [0.5, 0.6) is 0 Å². The predicted molar refractivity (Wildman–Crippen MR) is 72.8 cm³/mol. The normalized spacial score (nSPS) is 11.3. The van der Waals surface area contributed by atoms with E-state index in [9.17, 15) is 0 Å². The fourth-order valence-corrected chi connectivity index (χ4v) is 1.82. The molecule has 1 aromatic heterocycles. The fraction of sp³-hybridized carbons (Fsp3) is 0.462. The number of oxazole rings is 1. The first-order valence-electron chi connectivity index (χ1n) is 6.03. The van der Waals surface area contributed by atoms with Crippen molar-refractivity contribution in [2.24, 2.45) is 0 Å². The molecule has 1 heterocycles. The van der Waals surface area contributed by atoms with Crippen LogP contribution in [-0.2, 0) is 4.74 Å². The van der Waals surface area contributed by atoms with Crippen molar-refractivity contribution in [1.29, 1.82) is 0 Å². The molecule has 0 aliphatic rings. The summed E-state index contributed by atoms with van der Waals surface area (Å²) in [6, 6.07) is 6.38. The molecule has 0 aliphatic heterocycles. The molecular formula is C13H19N3O2. The van der Waals surface area contributed by atoms with Gasteiger partial charge in [-0.05, 0) is 32.0 Å². The third kappa shape index (κ3) is 2.56. The van der Waals surface area contributed by atoms with E-state index in [0.29, 0.717) is 24.4 Å². The van der Waals surface area contributed by atoms with E-state index < -0.39 is 0 Å². The highest BCUT2D eigenvalue weighted by Crippen LogP contribution is 2.24. The van der Waals surface area contributed by atoms with E-state index in [1.54, 1.807) is 7.11 Å². The number of anilines is 2. The molecule has 0 aliphatic carbocycles. The van der Waals surface area contributed by atoms with Crippen molar-refractivity contribution in [3.8, 4) is 0 Å². The molecule has 0 fully saturated rings. The molecule has 2 rings (SSSR count). The first-order valence-corrected chi connectivity index (χ1v) is 6.03. The number of nitrogens with two attached hydrogens (primary N) is 1. The summed E-state index contributed by atoms with van der Waals surface area (Å²) in [6.45, 7) is 5.58. The third-order valence-electron chi connectivity index (χ3n) is 2.81. The van der Waals surface area contributed by atoms with Crippen molar-refractivity contribution in [3.05, 3.63) is 18.2 Å². The van der Waals surface area contributed by atoms with Gasteiger partial charge in [-0.15, -0.1) is 0 Å². The standard InChI is InChI=1S/C13H19N3O2/c1-9(2)16(6-7-17-3)13-15-11-8-10(14)4-5-12(11)18-13/h4-5,8-9H,6-7,14H2,1-3H3. The minimum absolute atomic E-state index is 0.297. The van der Waals surface area contributed by atoms with Gasteiger partial charge in [0, 0.05) is 25.4 Å². The van der Waals surface area contributed by atoms with Crippen molar-refractivity contribution in [3.63, 3.8) is 0 Å². The summed E-state index contributed by atoms with van der Waals surface area (Å²) in [5.41, 5.74) is 7.96. The van der Waals surface area contributed by atoms with Crippen LogP contribution in [0.3, 0.4) is 0 Å². The van der Waals surface area contributed by atoms with Crippen molar-refractivity contribution in [1.82, 2.24) is 4.98 Å². The minimum Gasteiger partial charge on any atom is -0.423 e. The largest absolute Gasteiger partial charge is 0.423 e. The highest BCUT2D eigenvalue weighted by molar-refractivity contribution is 5.78. The SMILES string of the molecule is COCCN(c1nc2cc(N)ccc2o1)C(C)C. The van der Waals surface area contributed by atoms with Crippen LogP contribution in [0.4, 0.5) is 11.7 Å². The molecule has 1 aromatic carbocycles. The van der Waals surface area contributed by atoms with Gasteiger partial charge in [0.05, 0.1) is 6.61 Å². The summed E-state index contributed by atoms with van der Waals surface area (Å²) in [5, 5.41) is 0. The number of ether oxygens (including phenoxy) is 1. The van der Waals surface area contributed by atoms with Crippen LogP contribution in [0.25, 0.3) is 11.1 Å². The molecule has 5 nitrogen and oxygen atoms in total. The van der Waals surface area contributed by atoms with E-state index in [4.69, 9.17) is 14.9 Å². The monoisotopic (exact) mass is 249 g/mol. The van der Waals surface area contributed by atoms with Gasteiger partial charge in [0.1, 0.15) is 5.52 Å². The molecule has 0 atom stereocenters. The predicted octanol–water partition coefficient (Wildman–Crippen LogP) is 2.27. The highest BCUT2D eigenvalue weighted by Gasteiger charge is 2.16. The summed E-state index contributed by atoms with van der Waals surface area (Å²) >= 11 is 0. The van der Waals surface area contributed by atoms with Gasteiger partial charge in [0.15, 0.2) is 5.58 Å². The Kier molecular flexibility index (Phi) is 3.72. The summed E-state index contributed by atoms with van der Waals surface area (Å²) in [6.07, 6.45) is 0. The lowest BCUT2D eigenvalue weighted by Gasteiger charge is -2.24. The van der Waals surface area contributed by atoms with Gasteiger partial charge in [-0.3, -0.25) is 0 Å². The number of methoxy groups -OCH3 is 1. The zero-order chi connectivity index (χ0) is 13.1. The van der Waals surface area contributed by atoms with E-state index in [1.807, 2.05) is 18.2 Å². The lowest BCUT2D eigenvalue weighted by atomic mass is 10.3. The molecule has 0 saturated heterocycles. The molecule has 5 heteroatoms. The Morgan fingerprint density at radius 3 is 2.89 bits per heavy atom. The van der Waals surface area contributed by atoms with Crippen LogP contribution in [0.2, 0.25) is 0 Å². The van der Waals surface area contributed by atoms with Gasteiger partial charge in [0.25, 0.3) is 6.01 Å². The Morgan fingerprint density at radius 2 is 2.22 bits per heavy atom. The number of nitrogen functional groups attached to an aromatic ring is 1. The summed E-state index contributed by atoms with van der Waals surface area (Å²) in [7, 11) is 1.69. The van der Waals surface area contributed by atoms with Crippen LogP contribution >= 0.6 is 0 Å². The molecule has 98 valence electrons. The Labute approximate surface area is 107 Å². The molecule has 2 aromatic rings. The molecule has 2 N–H and O–H groups in total. The van der Waals surface area contributed by atoms with E-state index in [-0.39, 0.29) is 0 Å². The second-order valence-electron chi connectivity index (χ2n) is 4.50. The van der Waals surface area contributed by atoms with Gasteiger partial charge in [-0.2, -0.15) is 4.98 Å². The maximum absolute atomic E-state index is 5.75. The molecule has 0 amide bonds. The second-order valence-corrected chi connectivity index (χ2v) is 4.50. The van der Waals surface area contributed by atoms with E-state index in [0.717, 1.165) is 17.6 Å². The van der Waals surface area contributed by atoms with Crippen LogP contribution in [0.1, 0.15) is 13.8 Å². The highest BCUT2D eigenvalue weighted by atomic mass is 16.5. The van der Waals surface area contributed by atoms with E-state index in [1.165, 1.54) is 0 Å². The quantitative estimate of drug-likeness (QED) is 0.823. The maximum Gasteiger partial charge on any atom is 0.298 e. The number of rotatable bonds is 5. The summed E-state index contributed by atoms with van der Waals surface area (Å²) in [4.78, 5) is 6.54. The Balaban J connectivity index is 2.32. The fourth-order valence-electron chi connectivity index (χ4n) is 1.82. The number of benzene rings is 1. The van der Waals surface area contributed by atoms with Crippen LogP contribution < -0.4 is 10.6 Å². The lowest BCUT2D eigenvalue weighted by molar-refractivity contribution is 0.202. The van der Waals surface area contributed by atoms with Crippen molar-refractivity contribution < 1.29 is 9.15 Å². The number of hydrogen-bond donors (Lipinski definition) is 1. The van der Waals surface area contributed by atoms with Gasteiger partial charge in [-0.1, -0.05) is 0 Å². The second kappa shape index (κ2) is 5.27. The molecule has 0 radical (unpaired) electrons. The number of nitrogens with zero attached hydrogens (tertiary/aromatic N) is 2. The Bertz CT molecular complexity index is 522. The molecule has 18 heavy (non-hydrogen) atoms. The van der Waals surface area contributed by atoms with Gasteiger partial charge >= 0.3 is 0 Å². The van der Waals surface area contributed by atoms with Crippen LogP contribution in [0, 0.1) is 0 Å². The van der Waals surface area contributed by atoms with Gasteiger partial charge < -0.3 is 19.8 Å². The van der Waals surface area contributed by atoms with E-state index in [2.05, 4.69) is 23.7 Å². The smallest absolute Gasteiger partial charge is 0.298 e. The zero-order valence-corrected chi connectivity index (χ0v) is 11.0. The Hall–Kier alpha value is -1.75. The summed E-state index contributed by atoms with van der Waals surface area (Å²) < 4.78 is 10.9. The number of hydrogen-bond acceptors (Lipinski definition) is 5. The van der Waals surface area contributed by atoms with Crippen LogP contribution in [-0.4, -0.2) is 31.3 Å². The molecule has 0 unspecified atom stereocenters. The minimum atomic E-state index is 0.297. The topological polar surface area (TPSA) is 64.5 Å². The molecule has 0 bridgehead atoms. The first kappa shape index (κ1) is 12.7. The molecule has 0 saturated carbocycles. The van der Waals surface area contributed by atoms with Gasteiger partial charge in [-0.25, -0.2) is 0 Å².